The van der Waals surface area contributed by atoms with Gasteiger partial charge in [0.15, 0.2) is 0 Å². The zero-order valence-corrected chi connectivity index (χ0v) is 4.09. The maximum absolute atomic E-state index is 10.4. The zero-order chi connectivity index (χ0) is 9.52. The Hall–Kier alpha value is -0.570. The second-order valence-electron chi connectivity index (χ2n) is 1.46. The van der Waals surface area contributed by atoms with Gasteiger partial charge in [-0.3, -0.25) is 4.79 Å². The minimum atomic E-state index is -2.07. The standard InChI is InChI=1S/C5H9NO2/c7-5(8)4-2-1-3-6-4/h4,6H,1-3H2,(H,7,8)/t4-/m0/s1/i1+1D,2+1D,3+1D2,4+1,5+1,6+1/t1-,2+,4-. The summed E-state index contributed by atoms with van der Waals surface area (Å²) in [7, 11) is 0. The summed E-state index contributed by atoms with van der Waals surface area (Å²) in [5.41, 5.74) is 0. The van der Waals surface area contributed by atoms with E-state index < -0.39 is 31.3 Å². The SMILES string of the molecule is [2H][13C@H]1[13C@@H]([13C](=O)O)[15NH][13C]([2H])([2H])[13C@H]1[2H]. The van der Waals surface area contributed by atoms with Crippen LogP contribution in [0.15, 0.2) is 0 Å². The number of rotatable bonds is 1. The van der Waals surface area contributed by atoms with Crippen LogP contribution in [0.25, 0.3) is 0 Å². The van der Waals surface area contributed by atoms with Crippen LogP contribution in [0.1, 0.15) is 18.3 Å². The van der Waals surface area contributed by atoms with Gasteiger partial charge in [0.2, 0.25) is 0 Å². The molecule has 1 aliphatic rings. The van der Waals surface area contributed by atoms with Gasteiger partial charge in [-0.25, -0.2) is 0 Å². The van der Waals surface area contributed by atoms with Crippen LogP contribution in [0.2, 0.25) is 0 Å². The van der Waals surface area contributed by atoms with Crippen molar-refractivity contribution < 1.29 is 15.4 Å². The van der Waals surface area contributed by atoms with Crippen LogP contribution in [-0.4, -0.2) is 23.6 Å². The fourth-order valence-corrected chi connectivity index (χ4v) is 0.474. The highest BCUT2D eigenvalue weighted by molar-refractivity contribution is 5.73. The Morgan fingerprint density at radius 2 is 2.75 bits per heavy atom. The summed E-state index contributed by atoms with van der Waals surface area (Å²) in [5.74, 6) is -1.28. The molecule has 8 heavy (non-hydrogen) atoms. The Morgan fingerprint density at radius 1 is 2.00 bits per heavy atom. The number of hydrogen-bond donors (Lipinski definition) is 2. The lowest BCUT2D eigenvalue weighted by Gasteiger charge is -1.99. The summed E-state index contributed by atoms with van der Waals surface area (Å²) in [6.45, 7) is -2.07. The third-order valence-corrected chi connectivity index (χ3v) is 0.877. The average molecular weight is 125 g/mol. The molecular weight excluding hydrogens is 112 g/mol. The van der Waals surface area contributed by atoms with Crippen LogP contribution in [0, 0.1) is 0 Å². The molecule has 0 radical (unpaired) electrons. The maximum atomic E-state index is 10.4. The van der Waals surface area contributed by atoms with E-state index in [0.717, 1.165) is 0 Å². The average Bonchev–Trinajstić information content (AvgIpc) is 2.14. The molecule has 3 nitrogen and oxygen atoms in total. The first-order chi connectivity index (χ1) is 5.36. The molecule has 3 atom stereocenters. The molecule has 0 unspecified atom stereocenters. The van der Waals surface area contributed by atoms with Crippen molar-refractivity contribution in [3.05, 3.63) is 0 Å². The predicted octanol–water partition coefficient (Wildman–Crippen LogP) is -0.177. The van der Waals surface area contributed by atoms with E-state index in [9.17, 15) is 4.79 Å². The van der Waals surface area contributed by atoms with Gasteiger partial charge >= 0.3 is 5.97 Å². The van der Waals surface area contributed by atoms with Crippen LogP contribution < -0.4 is 5.32 Å². The van der Waals surface area contributed by atoms with Crippen molar-refractivity contribution in [1.82, 2.24) is 5.32 Å². The molecule has 1 fully saturated rings. The van der Waals surface area contributed by atoms with Gasteiger partial charge in [-0.15, -0.1) is 0 Å². The van der Waals surface area contributed by atoms with Gasteiger partial charge in [0, 0.05) is 5.48 Å². The topological polar surface area (TPSA) is 49.3 Å². The smallest absolute Gasteiger partial charge is 0.320 e. The lowest BCUT2D eigenvalue weighted by molar-refractivity contribution is -0.139. The highest BCUT2D eigenvalue weighted by atomic mass is 16.5. The van der Waals surface area contributed by atoms with Crippen LogP contribution in [-0.2, 0) is 4.79 Å². The normalized spacial score (nSPS) is 60.2. The molecule has 0 bridgehead atoms. The minimum Gasteiger partial charge on any atom is -0.480 e. The highest BCUT2D eigenvalue weighted by Crippen LogP contribution is 2.03. The Labute approximate surface area is 53.3 Å². The van der Waals surface area contributed by atoms with Gasteiger partial charge < -0.3 is 10.4 Å². The number of carbonyl (C=O) groups is 1. The van der Waals surface area contributed by atoms with Crippen molar-refractivity contribution in [2.45, 2.75) is 18.8 Å². The molecule has 0 aliphatic carbocycles. The Morgan fingerprint density at radius 3 is 3.00 bits per heavy atom. The monoisotopic (exact) mass is 125 g/mol. The van der Waals surface area contributed by atoms with Gasteiger partial charge in [0.25, 0.3) is 0 Å². The van der Waals surface area contributed by atoms with E-state index in [2.05, 4.69) is 5.32 Å². The molecular formula is C5H9NO2. The molecule has 3 heteroatoms. The second-order valence-corrected chi connectivity index (χ2v) is 1.46. The molecule has 0 aromatic carbocycles. The third kappa shape index (κ3) is 0.980. The van der Waals surface area contributed by atoms with E-state index in [-0.39, 0.29) is 0 Å². The molecule has 0 saturated carbocycles. The number of nitrogens with one attached hydrogen (secondary N) is 1. The first-order valence-electron chi connectivity index (χ1n) is 4.37. The van der Waals surface area contributed by atoms with Gasteiger partial charge in [-0.05, 0) is 19.3 Å². The number of carboxylic acids is 1. The minimum absolute atomic E-state index is 1.25. The summed E-state index contributed by atoms with van der Waals surface area (Å²) in [5, 5.41) is 10.6. The summed E-state index contributed by atoms with van der Waals surface area (Å²) in [6, 6.07) is -1.28. The van der Waals surface area contributed by atoms with E-state index in [1.807, 2.05) is 0 Å². The Balaban J connectivity index is 2.81. The van der Waals surface area contributed by atoms with Gasteiger partial charge in [-0.1, -0.05) is 0 Å². The van der Waals surface area contributed by atoms with Crippen LogP contribution in [0.3, 0.4) is 0 Å². The van der Waals surface area contributed by atoms with E-state index >= 15 is 0 Å². The second kappa shape index (κ2) is 2.13. The zero-order valence-electron chi connectivity index (χ0n) is 8.09. The van der Waals surface area contributed by atoms with Gasteiger partial charge in [0.1, 0.15) is 6.04 Å². The van der Waals surface area contributed by atoms with Crippen LogP contribution in [0.5, 0.6) is 0 Å². The molecule has 0 aromatic rings. The molecule has 2 N–H and O–H groups in total. The molecule has 1 saturated heterocycles. The summed E-state index contributed by atoms with van der Waals surface area (Å²) < 4.78 is 28.6. The molecule has 0 aromatic heterocycles. The van der Waals surface area contributed by atoms with Crippen molar-refractivity contribution in [3.8, 4) is 0 Å². The van der Waals surface area contributed by atoms with Crippen LogP contribution >= 0.6 is 0 Å². The van der Waals surface area contributed by atoms with Gasteiger partial charge in [0.05, 0.1) is 0 Å². The number of carboxylic acid groups (broad SMARTS) is 1. The largest absolute Gasteiger partial charge is 0.480 e. The first kappa shape index (κ1) is 2.35. The fraction of sp³-hybridized carbons (Fsp3) is 0.800. The fourth-order valence-electron chi connectivity index (χ4n) is 0.474. The highest BCUT2D eigenvalue weighted by Gasteiger charge is 2.20. The number of aliphatic carboxylic acids is 1. The summed E-state index contributed by atoms with van der Waals surface area (Å²) >= 11 is 0. The molecule has 0 spiro atoms. The quantitative estimate of drug-likeness (QED) is 0.377. The van der Waals surface area contributed by atoms with E-state index in [4.69, 9.17) is 10.6 Å². The summed E-state index contributed by atoms with van der Waals surface area (Å²) in [4.78, 5) is 10.4. The van der Waals surface area contributed by atoms with Crippen molar-refractivity contribution in [2.24, 2.45) is 0 Å². The van der Waals surface area contributed by atoms with Crippen molar-refractivity contribution in [1.29, 1.82) is 0 Å². The van der Waals surface area contributed by atoms with Crippen LogP contribution in [0.4, 0.5) is 0 Å². The Bertz CT molecular complexity index is 210. The lowest BCUT2D eigenvalue weighted by Crippen LogP contribution is -2.29. The molecule has 46 valence electrons. The third-order valence-electron chi connectivity index (χ3n) is 0.877. The molecule has 1 rings (SSSR count). The van der Waals surface area contributed by atoms with E-state index in [1.54, 1.807) is 0 Å². The Kier molecular flexibility index (Phi) is 0.627. The number of hydrogen-bond acceptors (Lipinski definition) is 2. The summed E-state index contributed by atoms with van der Waals surface area (Å²) in [6.07, 6.45) is -2.60. The van der Waals surface area contributed by atoms with Crippen molar-refractivity contribution in [2.75, 3.05) is 6.50 Å². The van der Waals surface area contributed by atoms with Crippen molar-refractivity contribution in [3.63, 3.8) is 0 Å². The van der Waals surface area contributed by atoms with Gasteiger partial charge in [-0.2, -0.15) is 0 Å². The lowest BCUT2D eigenvalue weighted by atomic mass is 11.2. The maximum Gasteiger partial charge on any atom is 0.320 e. The van der Waals surface area contributed by atoms with E-state index in [1.165, 1.54) is 0 Å². The van der Waals surface area contributed by atoms with Crippen molar-refractivity contribution >= 4 is 5.97 Å². The predicted molar refractivity (Wildman–Crippen MR) is 28.7 cm³/mol. The first-order valence-corrected chi connectivity index (χ1v) is 2.21. The van der Waals surface area contributed by atoms with E-state index in [0.29, 0.717) is 0 Å². The molecule has 1 heterocycles. The molecule has 1 aliphatic heterocycles. The molecule has 0 amide bonds.